The molecule has 1 saturated carbocycles. The van der Waals surface area contributed by atoms with Gasteiger partial charge in [-0.25, -0.2) is 0 Å². The van der Waals surface area contributed by atoms with Crippen LogP contribution in [-0.2, 0) is 23.9 Å². The zero-order valence-corrected chi connectivity index (χ0v) is 18.6. The fraction of sp³-hybridized carbons (Fsp3) is 0.346. The van der Waals surface area contributed by atoms with Gasteiger partial charge in [0.05, 0.1) is 26.4 Å². The van der Waals surface area contributed by atoms with Gasteiger partial charge in [0.1, 0.15) is 5.78 Å². The van der Waals surface area contributed by atoms with E-state index in [4.69, 9.17) is 9.47 Å². The first-order valence-electron chi connectivity index (χ1n) is 10.4. The number of benzene rings is 2. The number of hydrogen-bond donors (Lipinski definition) is 0. The molecule has 168 valence electrons. The summed E-state index contributed by atoms with van der Waals surface area (Å²) in [6.07, 6.45) is -0.203. The molecule has 0 N–H and O–H groups in total. The summed E-state index contributed by atoms with van der Waals surface area (Å²) in [5.74, 6) is -5.35. The van der Waals surface area contributed by atoms with Crippen LogP contribution in [0.4, 0.5) is 0 Å². The number of Topliss-reactive ketones (excluding diaryl/α,β-unsaturated/α-hetero) is 1. The number of rotatable bonds is 5. The minimum atomic E-state index is -2.06. The van der Waals surface area contributed by atoms with Gasteiger partial charge in [-0.05, 0) is 24.5 Å². The maximum absolute atomic E-state index is 13.6. The molecule has 1 fully saturated rings. The lowest BCUT2D eigenvalue weighted by atomic mass is 9.45. The number of carbonyl (C=O) groups is 3. The summed E-state index contributed by atoms with van der Waals surface area (Å²) in [4.78, 5) is 39.7. The van der Waals surface area contributed by atoms with E-state index in [-0.39, 0.29) is 12.2 Å². The molecule has 1 aliphatic rings. The van der Waals surface area contributed by atoms with Gasteiger partial charge in [-0.3, -0.25) is 14.4 Å². The Morgan fingerprint density at radius 3 is 1.79 bits per heavy atom. The molecule has 0 saturated heterocycles. The Morgan fingerprint density at radius 1 is 0.848 bits per heavy atom. The van der Waals surface area contributed by atoms with E-state index in [1.54, 1.807) is 60.7 Å². The van der Waals surface area contributed by atoms with Crippen molar-refractivity contribution in [3.63, 3.8) is 0 Å². The number of nitriles is 2. The molecule has 0 aliphatic heterocycles. The van der Waals surface area contributed by atoms with E-state index in [9.17, 15) is 24.9 Å². The maximum atomic E-state index is 13.6. The standard InChI is InChI=1S/C26H24N2O5/c1-17(29)20-14-25(15-27,23(30)32-2)22(19-12-8-5-9-13-19)26(16-28,24(31)33-3)21(20)18-10-6-4-7-11-18/h4-13,20-22H,14H2,1-3H3/t20-,21-,22+,25+,26+/m1/s1. The Morgan fingerprint density at radius 2 is 1.36 bits per heavy atom. The average Bonchev–Trinajstić information content (AvgIpc) is 2.87. The first kappa shape index (κ1) is 23.7. The van der Waals surface area contributed by atoms with E-state index in [1.165, 1.54) is 6.92 Å². The molecule has 0 spiro atoms. The molecule has 0 radical (unpaired) electrons. The predicted molar refractivity (Wildman–Crippen MR) is 117 cm³/mol. The monoisotopic (exact) mass is 444 g/mol. The van der Waals surface area contributed by atoms with Crippen LogP contribution in [-0.4, -0.2) is 31.9 Å². The van der Waals surface area contributed by atoms with Crippen molar-refractivity contribution < 1.29 is 23.9 Å². The second kappa shape index (κ2) is 9.26. The van der Waals surface area contributed by atoms with Crippen LogP contribution in [0.2, 0.25) is 0 Å². The number of ether oxygens (including phenoxy) is 2. The SMILES string of the molecule is COC(=O)[C@@]1(C#N)[C@H](c2ccccc2)[C@@H](C(C)=O)C[C@@](C#N)(C(=O)OC)[C@@H]1c1ccccc1. The molecule has 7 heteroatoms. The largest absolute Gasteiger partial charge is 0.468 e. The molecular weight excluding hydrogens is 420 g/mol. The predicted octanol–water partition coefficient (Wildman–Crippen LogP) is 3.53. The summed E-state index contributed by atoms with van der Waals surface area (Å²) >= 11 is 0. The Balaban J connectivity index is 2.51. The van der Waals surface area contributed by atoms with E-state index < -0.39 is 40.5 Å². The van der Waals surface area contributed by atoms with Crippen molar-refractivity contribution in [2.45, 2.75) is 25.2 Å². The molecule has 0 bridgehead atoms. The summed E-state index contributed by atoms with van der Waals surface area (Å²) < 4.78 is 10.2. The lowest BCUT2D eigenvalue weighted by Crippen LogP contribution is -2.59. The maximum Gasteiger partial charge on any atom is 0.327 e. The number of methoxy groups -OCH3 is 2. The zero-order chi connectivity index (χ0) is 24.2. The smallest absolute Gasteiger partial charge is 0.327 e. The van der Waals surface area contributed by atoms with Gasteiger partial charge in [0, 0.05) is 17.8 Å². The van der Waals surface area contributed by atoms with Gasteiger partial charge < -0.3 is 9.47 Å². The van der Waals surface area contributed by atoms with Crippen molar-refractivity contribution in [3.05, 3.63) is 71.8 Å². The normalized spacial score (nSPS) is 28.6. The first-order chi connectivity index (χ1) is 15.8. The number of nitrogens with zero attached hydrogens (tertiary/aromatic N) is 2. The number of hydrogen-bond acceptors (Lipinski definition) is 7. The second-order valence-electron chi connectivity index (χ2n) is 8.20. The van der Waals surface area contributed by atoms with Crippen LogP contribution in [0.25, 0.3) is 0 Å². The van der Waals surface area contributed by atoms with Crippen LogP contribution in [0, 0.1) is 39.4 Å². The molecule has 5 atom stereocenters. The van der Waals surface area contributed by atoms with Gasteiger partial charge in [0.25, 0.3) is 0 Å². The summed E-state index contributed by atoms with van der Waals surface area (Å²) in [6, 6.07) is 21.4. The van der Waals surface area contributed by atoms with Crippen molar-refractivity contribution in [1.29, 1.82) is 10.5 Å². The van der Waals surface area contributed by atoms with Crippen LogP contribution < -0.4 is 0 Å². The fourth-order valence-corrected chi connectivity index (χ4v) is 5.33. The fourth-order valence-electron chi connectivity index (χ4n) is 5.33. The van der Waals surface area contributed by atoms with E-state index in [2.05, 4.69) is 12.1 Å². The van der Waals surface area contributed by atoms with E-state index in [0.29, 0.717) is 11.1 Å². The van der Waals surface area contributed by atoms with E-state index in [0.717, 1.165) is 14.2 Å². The molecular formula is C26H24N2O5. The van der Waals surface area contributed by atoms with Crippen LogP contribution in [0.1, 0.15) is 36.3 Å². The summed E-state index contributed by atoms with van der Waals surface area (Å²) in [5.41, 5.74) is -3.03. The summed E-state index contributed by atoms with van der Waals surface area (Å²) in [6.45, 7) is 1.34. The molecule has 3 rings (SSSR count). The molecule has 0 heterocycles. The van der Waals surface area contributed by atoms with Crippen molar-refractivity contribution in [3.8, 4) is 12.1 Å². The zero-order valence-electron chi connectivity index (χ0n) is 18.6. The molecule has 0 aromatic heterocycles. The second-order valence-corrected chi connectivity index (χ2v) is 8.20. The highest BCUT2D eigenvalue weighted by atomic mass is 16.5. The number of esters is 2. The van der Waals surface area contributed by atoms with Crippen molar-refractivity contribution in [2.24, 2.45) is 16.7 Å². The third-order valence-electron chi connectivity index (χ3n) is 6.65. The highest BCUT2D eigenvalue weighted by molar-refractivity contribution is 5.92. The lowest BCUT2D eigenvalue weighted by molar-refractivity contribution is -0.167. The molecule has 2 aromatic rings. The Hall–Kier alpha value is -3.97. The summed E-state index contributed by atoms with van der Waals surface area (Å²) in [5, 5.41) is 21.1. The van der Waals surface area contributed by atoms with Gasteiger partial charge in [0.2, 0.25) is 0 Å². The molecule has 2 aromatic carbocycles. The Labute approximate surface area is 192 Å². The Kier molecular flexibility index (Phi) is 6.65. The highest BCUT2D eigenvalue weighted by Gasteiger charge is 2.70. The quantitative estimate of drug-likeness (QED) is 0.648. The minimum absolute atomic E-state index is 0.203. The molecule has 33 heavy (non-hydrogen) atoms. The molecule has 0 unspecified atom stereocenters. The number of ketones is 1. The van der Waals surface area contributed by atoms with Gasteiger partial charge >= 0.3 is 11.9 Å². The third-order valence-corrected chi connectivity index (χ3v) is 6.65. The Bertz CT molecular complexity index is 1130. The van der Waals surface area contributed by atoms with Crippen LogP contribution in [0.3, 0.4) is 0 Å². The topological polar surface area (TPSA) is 117 Å². The van der Waals surface area contributed by atoms with E-state index in [1.807, 2.05) is 0 Å². The minimum Gasteiger partial charge on any atom is -0.468 e. The molecule has 7 nitrogen and oxygen atoms in total. The molecule has 1 aliphatic carbocycles. The van der Waals surface area contributed by atoms with Crippen molar-refractivity contribution in [1.82, 2.24) is 0 Å². The van der Waals surface area contributed by atoms with Crippen LogP contribution in [0.5, 0.6) is 0 Å². The van der Waals surface area contributed by atoms with Gasteiger partial charge in [-0.15, -0.1) is 0 Å². The lowest BCUT2D eigenvalue weighted by Gasteiger charge is -2.52. The van der Waals surface area contributed by atoms with Crippen molar-refractivity contribution >= 4 is 17.7 Å². The molecule has 0 amide bonds. The van der Waals surface area contributed by atoms with Gasteiger partial charge in [0.15, 0.2) is 10.8 Å². The average molecular weight is 444 g/mol. The van der Waals surface area contributed by atoms with Gasteiger partial charge in [-0.2, -0.15) is 10.5 Å². The van der Waals surface area contributed by atoms with Crippen LogP contribution >= 0.6 is 0 Å². The third kappa shape index (κ3) is 3.56. The number of carbonyl (C=O) groups excluding carboxylic acids is 3. The highest BCUT2D eigenvalue weighted by Crippen LogP contribution is 2.64. The first-order valence-corrected chi connectivity index (χ1v) is 10.4. The van der Waals surface area contributed by atoms with Crippen molar-refractivity contribution in [2.75, 3.05) is 14.2 Å². The van der Waals surface area contributed by atoms with Crippen LogP contribution in [0.15, 0.2) is 60.7 Å². The summed E-state index contributed by atoms with van der Waals surface area (Å²) in [7, 11) is 2.29. The van der Waals surface area contributed by atoms with E-state index >= 15 is 0 Å². The van der Waals surface area contributed by atoms with Gasteiger partial charge in [-0.1, -0.05) is 60.7 Å².